The van der Waals surface area contributed by atoms with Crippen molar-refractivity contribution in [3.63, 3.8) is 0 Å². The second-order valence-corrected chi connectivity index (χ2v) is 17.5. The number of aromatic nitrogens is 1. The lowest BCUT2D eigenvalue weighted by atomic mass is 10.0. The van der Waals surface area contributed by atoms with Crippen LogP contribution in [-0.4, -0.2) is 104 Å². The number of nitro groups is 1. The molecule has 0 fully saturated rings. The number of alkyl carbamates (subject to hydrolysis) is 1. The van der Waals surface area contributed by atoms with Crippen molar-refractivity contribution in [1.82, 2.24) is 30.6 Å². The van der Waals surface area contributed by atoms with Crippen LogP contribution in [0.15, 0.2) is 90.0 Å². The zero-order chi connectivity index (χ0) is 47.0. The second kappa shape index (κ2) is 23.8. The van der Waals surface area contributed by atoms with Gasteiger partial charge in [-0.25, -0.2) is 4.79 Å². The number of carbonyl (C=O) groups excluding carboxylic acids is 6. The summed E-state index contributed by atoms with van der Waals surface area (Å²) in [5, 5.41) is 34.3. The number of imide groups is 1. The lowest BCUT2D eigenvalue weighted by molar-refractivity contribution is -0.387. The van der Waals surface area contributed by atoms with Gasteiger partial charge in [0, 0.05) is 37.0 Å². The first-order valence-electron chi connectivity index (χ1n) is 20.1. The summed E-state index contributed by atoms with van der Waals surface area (Å²) in [6.45, 7) is 4.84. The van der Waals surface area contributed by atoms with Crippen molar-refractivity contribution in [2.24, 2.45) is 5.73 Å². The maximum absolute atomic E-state index is 13.8. The minimum absolute atomic E-state index is 0.00528. The molecule has 342 valence electrons. The number of benzene rings is 3. The molecule has 0 saturated carbocycles. The van der Waals surface area contributed by atoms with Crippen LogP contribution in [-0.2, 0) is 46.3 Å². The number of nitro benzene ring substituents is 1. The van der Waals surface area contributed by atoms with Crippen molar-refractivity contribution in [1.29, 1.82) is 0 Å². The SMILES string of the molecule is CSCC[C@H](NC(=O)[C@@H](N)Cc1cn(Sc2ccccc2[N+](=O)[O-])c2ccccc12)C(=O)N[C@@H](CC(=O)O)C(=O)N[C@@H](Cc1ccccc1)C(=O)NC(=O)CCNC(=O)OC(C)(C)C. The van der Waals surface area contributed by atoms with E-state index in [4.69, 9.17) is 10.5 Å². The van der Waals surface area contributed by atoms with Gasteiger partial charge in [-0.15, -0.1) is 0 Å². The fourth-order valence-corrected chi connectivity index (χ4v) is 7.72. The number of carbonyl (C=O) groups is 7. The number of hydrogen-bond donors (Lipinski definition) is 7. The Morgan fingerprint density at radius 1 is 0.828 bits per heavy atom. The number of thioether (sulfide) groups is 1. The Morgan fingerprint density at radius 2 is 1.45 bits per heavy atom. The van der Waals surface area contributed by atoms with E-state index in [0.717, 1.165) is 22.9 Å². The molecule has 1 aromatic heterocycles. The van der Waals surface area contributed by atoms with Crippen molar-refractivity contribution in [2.45, 2.75) is 87.5 Å². The highest BCUT2D eigenvalue weighted by molar-refractivity contribution is 7.98. The maximum Gasteiger partial charge on any atom is 0.407 e. The normalized spacial score (nSPS) is 13.1. The van der Waals surface area contributed by atoms with Gasteiger partial charge < -0.3 is 36.8 Å². The van der Waals surface area contributed by atoms with E-state index < -0.39 is 82.7 Å². The molecular weight excluding hydrogens is 869 g/mol. The number of nitrogens with two attached hydrogens (primary N) is 1. The molecule has 1 heterocycles. The Bertz CT molecular complexity index is 2320. The van der Waals surface area contributed by atoms with Gasteiger partial charge in [0.05, 0.1) is 22.9 Å². The largest absolute Gasteiger partial charge is 0.481 e. The Kier molecular flexibility index (Phi) is 18.7. The summed E-state index contributed by atoms with van der Waals surface area (Å²) in [6, 6.07) is 16.4. The summed E-state index contributed by atoms with van der Waals surface area (Å²) in [4.78, 5) is 103. The number of amides is 6. The summed E-state index contributed by atoms with van der Waals surface area (Å²) in [7, 11) is 0. The van der Waals surface area contributed by atoms with Crippen LogP contribution in [0.25, 0.3) is 10.9 Å². The zero-order valence-electron chi connectivity index (χ0n) is 35.7. The molecule has 0 bridgehead atoms. The predicted octanol–water partition coefficient (Wildman–Crippen LogP) is 3.46. The van der Waals surface area contributed by atoms with Crippen LogP contribution in [0.4, 0.5) is 10.5 Å². The van der Waals surface area contributed by atoms with Gasteiger partial charge in [0.25, 0.3) is 5.69 Å². The fraction of sp³-hybridized carbons (Fsp3) is 0.372. The van der Waals surface area contributed by atoms with E-state index in [1.54, 1.807) is 97.9 Å². The molecule has 4 atom stereocenters. The van der Waals surface area contributed by atoms with Gasteiger partial charge in [0.15, 0.2) is 0 Å². The first-order valence-corrected chi connectivity index (χ1v) is 22.2. The van der Waals surface area contributed by atoms with Crippen molar-refractivity contribution in [2.75, 3.05) is 18.6 Å². The maximum atomic E-state index is 13.8. The third-order valence-corrected chi connectivity index (χ3v) is 10.9. The Hall–Kier alpha value is -6.45. The van der Waals surface area contributed by atoms with Crippen molar-refractivity contribution in [3.8, 4) is 0 Å². The molecular formula is C43H52N8O11S2. The summed E-state index contributed by atoms with van der Waals surface area (Å²) < 4.78 is 6.89. The van der Waals surface area contributed by atoms with Crippen molar-refractivity contribution >= 4 is 81.9 Å². The summed E-state index contributed by atoms with van der Waals surface area (Å²) >= 11 is 2.50. The molecule has 0 aliphatic heterocycles. The molecule has 3 aromatic carbocycles. The standard InChI is InChI=1S/C43H52N8O11S2/c1-43(2,3)62-42(59)45-20-18-36(52)49-41(58)31(22-26-12-6-5-7-13-26)47-40(57)32(24-37(53)54)48-39(56)30(19-21-63-4)46-38(55)29(44)23-27-25-50(33-15-9-8-14-28(27)33)64-35-17-11-10-16-34(35)51(60)61/h5-17,25,29-32H,18-24,44H2,1-4H3,(H,45,59)(H,46,55)(H,47,57)(H,48,56)(H,53,54)(H,49,52,58)/t29-,30-,31-,32-/m0/s1. The highest BCUT2D eigenvalue weighted by Gasteiger charge is 2.33. The number of para-hydroxylation sites is 2. The molecule has 8 N–H and O–H groups in total. The van der Waals surface area contributed by atoms with Gasteiger partial charge >= 0.3 is 12.1 Å². The quantitative estimate of drug-likeness (QED) is 0.0439. The average Bonchev–Trinajstić information content (AvgIpc) is 3.57. The number of ether oxygens (including phenoxy) is 1. The lowest BCUT2D eigenvalue weighted by Crippen LogP contribution is -2.59. The molecule has 0 aliphatic rings. The number of hydrogen-bond acceptors (Lipinski definition) is 13. The third-order valence-electron chi connectivity index (χ3n) is 9.25. The summed E-state index contributed by atoms with van der Waals surface area (Å²) in [5.74, 6) is -5.44. The van der Waals surface area contributed by atoms with E-state index in [1.165, 1.54) is 17.8 Å². The molecule has 0 unspecified atom stereocenters. The predicted molar refractivity (Wildman–Crippen MR) is 241 cm³/mol. The molecule has 0 spiro atoms. The van der Waals surface area contributed by atoms with Crippen molar-refractivity contribution in [3.05, 3.63) is 106 Å². The van der Waals surface area contributed by atoms with Crippen LogP contribution < -0.4 is 32.3 Å². The zero-order valence-corrected chi connectivity index (χ0v) is 37.3. The van der Waals surface area contributed by atoms with Crippen LogP contribution in [0.5, 0.6) is 0 Å². The molecule has 6 amide bonds. The van der Waals surface area contributed by atoms with Crippen LogP contribution in [0.1, 0.15) is 51.2 Å². The Morgan fingerprint density at radius 3 is 2.12 bits per heavy atom. The van der Waals surface area contributed by atoms with Gasteiger partial charge in [-0.05, 0) is 80.8 Å². The van der Waals surface area contributed by atoms with Crippen LogP contribution in [0, 0.1) is 10.1 Å². The molecule has 0 radical (unpaired) electrons. The van der Waals surface area contributed by atoms with E-state index in [0.29, 0.717) is 21.8 Å². The van der Waals surface area contributed by atoms with E-state index in [1.807, 2.05) is 12.1 Å². The Balaban J connectivity index is 1.46. The molecule has 4 aromatic rings. The van der Waals surface area contributed by atoms with Crippen LogP contribution >= 0.6 is 23.7 Å². The minimum Gasteiger partial charge on any atom is -0.481 e. The topological polar surface area (TPSA) is 283 Å². The van der Waals surface area contributed by atoms with Gasteiger partial charge in [-0.1, -0.05) is 60.7 Å². The number of nitrogens with one attached hydrogen (secondary N) is 5. The number of rotatable bonds is 22. The number of carboxylic acid groups (broad SMARTS) is 1. The number of fused-ring (bicyclic) bond motifs is 1. The summed E-state index contributed by atoms with van der Waals surface area (Å²) in [5.41, 5.74) is 7.53. The first-order chi connectivity index (χ1) is 30.3. The highest BCUT2D eigenvalue weighted by atomic mass is 32.2. The molecule has 0 saturated heterocycles. The average molecular weight is 921 g/mol. The van der Waals surface area contributed by atoms with Crippen LogP contribution in [0.2, 0.25) is 0 Å². The number of nitrogens with zero attached hydrogens (tertiary/aromatic N) is 2. The van der Waals surface area contributed by atoms with E-state index in [-0.39, 0.29) is 37.9 Å². The molecule has 0 aliphatic carbocycles. The van der Waals surface area contributed by atoms with E-state index in [9.17, 15) is 48.8 Å². The molecule has 4 rings (SSSR count). The van der Waals surface area contributed by atoms with Gasteiger partial charge in [0.1, 0.15) is 28.6 Å². The van der Waals surface area contributed by atoms with Gasteiger partial charge in [-0.2, -0.15) is 11.8 Å². The van der Waals surface area contributed by atoms with Gasteiger partial charge in [0.2, 0.25) is 29.5 Å². The minimum atomic E-state index is -1.73. The first kappa shape index (κ1) is 50.2. The number of aliphatic carboxylic acids is 1. The number of carboxylic acids is 1. The van der Waals surface area contributed by atoms with Crippen LogP contribution in [0.3, 0.4) is 0 Å². The van der Waals surface area contributed by atoms with E-state index in [2.05, 4.69) is 26.6 Å². The van der Waals surface area contributed by atoms with E-state index >= 15 is 0 Å². The highest BCUT2D eigenvalue weighted by Crippen LogP contribution is 2.34. The Labute approximate surface area is 377 Å². The lowest BCUT2D eigenvalue weighted by Gasteiger charge is -2.25. The molecule has 64 heavy (non-hydrogen) atoms. The van der Waals surface area contributed by atoms with Crippen molar-refractivity contribution < 1.29 is 48.3 Å². The van der Waals surface area contributed by atoms with Gasteiger partial charge in [-0.3, -0.25) is 48.2 Å². The molecule has 21 heteroatoms. The third kappa shape index (κ3) is 15.7. The fourth-order valence-electron chi connectivity index (χ4n) is 6.23. The smallest absolute Gasteiger partial charge is 0.407 e. The summed E-state index contributed by atoms with van der Waals surface area (Å²) in [6.07, 6.45) is 1.49. The monoisotopic (exact) mass is 920 g/mol. The molecule has 19 nitrogen and oxygen atoms in total. The second-order valence-electron chi connectivity index (χ2n) is 15.5.